The molecule has 4 heteroatoms. The van der Waals surface area contributed by atoms with E-state index in [1.165, 1.54) is 58.3 Å². The normalized spacial score (nSPS) is 12.0. The van der Waals surface area contributed by atoms with Gasteiger partial charge in [-0.3, -0.25) is 4.57 Å². The third-order valence-corrected chi connectivity index (χ3v) is 8.89. The lowest BCUT2D eigenvalue weighted by Crippen LogP contribution is -1.98. The lowest BCUT2D eigenvalue weighted by atomic mass is 10.1. The van der Waals surface area contributed by atoms with E-state index in [-0.39, 0.29) is 0 Å². The van der Waals surface area contributed by atoms with Gasteiger partial charge in [0, 0.05) is 47.3 Å². The van der Waals surface area contributed by atoms with E-state index in [1.54, 1.807) is 11.3 Å². The average molecular weight is 483 g/mol. The molecule has 0 fully saturated rings. The summed E-state index contributed by atoms with van der Waals surface area (Å²) < 4.78 is 4.93. The van der Waals surface area contributed by atoms with Gasteiger partial charge in [0.1, 0.15) is 5.82 Å². The molecule has 2 nitrogen and oxygen atoms in total. The van der Waals surface area contributed by atoms with Crippen molar-refractivity contribution in [2.45, 2.75) is 0 Å². The second-order valence-corrected chi connectivity index (χ2v) is 10.6. The first kappa shape index (κ1) is 19.3. The highest BCUT2D eigenvalue weighted by atomic mass is 32.1. The average Bonchev–Trinajstić information content (AvgIpc) is 3.61. The number of benzene rings is 4. The molecule has 0 bridgehead atoms. The highest BCUT2D eigenvalue weighted by Crippen LogP contribution is 2.41. The van der Waals surface area contributed by atoms with Crippen molar-refractivity contribution in [3.05, 3.63) is 108 Å². The zero-order chi connectivity index (χ0) is 22.9. The highest BCUT2D eigenvalue weighted by Gasteiger charge is 2.17. The number of rotatable bonds is 2. The molecule has 35 heavy (non-hydrogen) atoms. The third kappa shape index (κ3) is 2.72. The molecular formula is C31H18N2S2. The van der Waals surface area contributed by atoms with Crippen LogP contribution in [0.15, 0.2) is 108 Å². The second kappa shape index (κ2) is 7.25. The number of pyridine rings is 1. The minimum Gasteiger partial charge on any atom is -0.293 e. The first-order valence-corrected chi connectivity index (χ1v) is 13.4. The first-order chi connectivity index (χ1) is 17.4. The Kier molecular flexibility index (Phi) is 4.01. The van der Waals surface area contributed by atoms with E-state index in [2.05, 4.69) is 112 Å². The zero-order valence-electron chi connectivity index (χ0n) is 18.6. The largest absolute Gasteiger partial charge is 0.293 e. The number of hydrogen-bond acceptors (Lipinski definition) is 3. The summed E-state index contributed by atoms with van der Waals surface area (Å²) in [5.74, 6) is 0.953. The van der Waals surface area contributed by atoms with Crippen LogP contribution in [0.4, 0.5) is 0 Å². The predicted octanol–water partition coefficient (Wildman–Crippen LogP) is 9.43. The van der Waals surface area contributed by atoms with Crippen molar-refractivity contribution >= 4 is 75.4 Å². The van der Waals surface area contributed by atoms with Gasteiger partial charge in [0.15, 0.2) is 0 Å². The maximum absolute atomic E-state index is 5.24. The van der Waals surface area contributed by atoms with Gasteiger partial charge in [-0.2, -0.15) is 0 Å². The van der Waals surface area contributed by atoms with Crippen molar-refractivity contribution in [1.82, 2.24) is 9.55 Å². The van der Waals surface area contributed by atoms with Crippen molar-refractivity contribution in [2.24, 2.45) is 0 Å². The standard InChI is InChI=1S/C31H18N2S2/c1-2-8-20-19(7-1)15-16-26-30(20)24-17-34-18-27(24)33(26)29-14-6-12-25(32-29)23-11-5-10-22-21-9-3-4-13-28(21)35-31(22)23/h1-18H. The molecule has 0 atom stereocenters. The Hall–Kier alpha value is -3.99. The van der Waals surface area contributed by atoms with Gasteiger partial charge in [-0.15, -0.1) is 22.7 Å². The van der Waals surface area contributed by atoms with Crippen molar-refractivity contribution in [3.8, 4) is 17.1 Å². The minimum absolute atomic E-state index is 0.953. The van der Waals surface area contributed by atoms with Gasteiger partial charge in [-0.1, -0.05) is 72.8 Å². The van der Waals surface area contributed by atoms with Gasteiger partial charge in [-0.25, -0.2) is 4.98 Å². The van der Waals surface area contributed by atoms with Crippen LogP contribution < -0.4 is 0 Å². The summed E-state index contributed by atoms with van der Waals surface area (Å²) >= 11 is 3.60. The van der Waals surface area contributed by atoms with E-state index in [0.29, 0.717) is 0 Å². The fraction of sp³-hybridized carbons (Fsp3) is 0. The molecule has 4 heterocycles. The van der Waals surface area contributed by atoms with Crippen LogP contribution in [0.3, 0.4) is 0 Å². The maximum Gasteiger partial charge on any atom is 0.138 e. The van der Waals surface area contributed by atoms with Gasteiger partial charge in [0.25, 0.3) is 0 Å². The Morgan fingerprint density at radius 3 is 2.40 bits per heavy atom. The molecule has 0 unspecified atom stereocenters. The topological polar surface area (TPSA) is 17.8 Å². The monoisotopic (exact) mass is 482 g/mol. The molecule has 4 aromatic heterocycles. The summed E-state index contributed by atoms with van der Waals surface area (Å²) in [6, 6.07) is 34.7. The van der Waals surface area contributed by atoms with E-state index in [1.807, 2.05) is 11.3 Å². The van der Waals surface area contributed by atoms with Crippen LogP contribution in [-0.4, -0.2) is 9.55 Å². The van der Waals surface area contributed by atoms with E-state index >= 15 is 0 Å². The number of fused-ring (bicyclic) bond motifs is 8. The SMILES string of the molecule is c1cc(-c2cccc3c2sc2ccccc23)nc(-n2c3cscc3c3c4ccccc4ccc32)c1. The van der Waals surface area contributed by atoms with E-state index in [0.717, 1.165) is 11.5 Å². The third-order valence-electron chi connectivity index (χ3n) is 6.94. The summed E-state index contributed by atoms with van der Waals surface area (Å²) in [5.41, 5.74) is 4.61. The van der Waals surface area contributed by atoms with Crippen LogP contribution in [0.1, 0.15) is 0 Å². The Balaban J connectivity index is 1.41. The second-order valence-electron chi connectivity index (χ2n) is 8.85. The van der Waals surface area contributed by atoms with Crippen LogP contribution in [0.5, 0.6) is 0 Å². The molecule has 8 rings (SSSR count). The van der Waals surface area contributed by atoms with E-state index in [4.69, 9.17) is 4.98 Å². The summed E-state index contributed by atoms with van der Waals surface area (Å²) in [5, 5.41) is 12.3. The summed E-state index contributed by atoms with van der Waals surface area (Å²) in [6.45, 7) is 0. The maximum atomic E-state index is 5.24. The molecule has 4 aromatic carbocycles. The smallest absolute Gasteiger partial charge is 0.138 e. The molecule has 0 radical (unpaired) electrons. The number of nitrogens with zero attached hydrogens (tertiary/aromatic N) is 2. The molecule has 0 aliphatic rings. The van der Waals surface area contributed by atoms with Gasteiger partial charge in [-0.05, 0) is 35.0 Å². The van der Waals surface area contributed by atoms with Crippen LogP contribution in [-0.2, 0) is 0 Å². The molecule has 0 spiro atoms. The van der Waals surface area contributed by atoms with Gasteiger partial charge in [0.2, 0.25) is 0 Å². The summed E-state index contributed by atoms with van der Waals surface area (Å²) in [6.07, 6.45) is 0. The van der Waals surface area contributed by atoms with Crippen LogP contribution in [0.25, 0.3) is 69.8 Å². The molecule has 164 valence electrons. The highest BCUT2D eigenvalue weighted by molar-refractivity contribution is 7.26. The lowest BCUT2D eigenvalue weighted by Gasteiger charge is -2.10. The molecule has 0 N–H and O–H groups in total. The summed E-state index contributed by atoms with van der Waals surface area (Å²) in [4.78, 5) is 5.24. The zero-order valence-corrected chi connectivity index (χ0v) is 20.2. The molecule has 0 amide bonds. The number of thiophene rings is 2. The molecule has 0 saturated carbocycles. The molecule has 0 aliphatic heterocycles. The number of aromatic nitrogens is 2. The quantitative estimate of drug-likeness (QED) is 0.240. The number of hydrogen-bond donors (Lipinski definition) is 0. The molecule has 8 aromatic rings. The lowest BCUT2D eigenvalue weighted by molar-refractivity contribution is 1.09. The van der Waals surface area contributed by atoms with Crippen LogP contribution in [0, 0.1) is 0 Å². The summed E-state index contributed by atoms with van der Waals surface area (Å²) in [7, 11) is 0. The molecular weight excluding hydrogens is 464 g/mol. The van der Waals surface area contributed by atoms with Crippen molar-refractivity contribution in [1.29, 1.82) is 0 Å². The Morgan fingerprint density at radius 1 is 0.600 bits per heavy atom. The van der Waals surface area contributed by atoms with Crippen molar-refractivity contribution < 1.29 is 0 Å². The van der Waals surface area contributed by atoms with Crippen molar-refractivity contribution in [2.75, 3.05) is 0 Å². The van der Waals surface area contributed by atoms with Gasteiger partial charge >= 0.3 is 0 Å². The van der Waals surface area contributed by atoms with Crippen molar-refractivity contribution in [3.63, 3.8) is 0 Å². The van der Waals surface area contributed by atoms with Crippen LogP contribution in [0.2, 0.25) is 0 Å². The van der Waals surface area contributed by atoms with Crippen LogP contribution >= 0.6 is 22.7 Å². The van der Waals surface area contributed by atoms with Gasteiger partial charge < -0.3 is 0 Å². The fourth-order valence-electron chi connectivity index (χ4n) is 5.40. The molecule has 0 aliphatic carbocycles. The predicted molar refractivity (Wildman–Crippen MR) is 152 cm³/mol. The fourth-order valence-corrected chi connectivity index (χ4v) is 7.43. The Morgan fingerprint density at radius 2 is 1.43 bits per heavy atom. The Labute approximate surface area is 209 Å². The Bertz CT molecular complexity index is 2070. The van der Waals surface area contributed by atoms with E-state index < -0.39 is 0 Å². The molecule has 0 saturated heterocycles. The van der Waals surface area contributed by atoms with Gasteiger partial charge in [0.05, 0.1) is 16.7 Å². The minimum atomic E-state index is 0.953. The van der Waals surface area contributed by atoms with E-state index in [9.17, 15) is 0 Å². The first-order valence-electron chi connectivity index (χ1n) is 11.6.